The smallest absolute Gasteiger partial charge is 0.280 e. The molecule has 0 unspecified atom stereocenters. The van der Waals surface area contributed by atoms with Gasteiger partial charge in [0.2, 0.25) is 0 Å². The Labute approximate surface area is 189 Å². The Hall–Kier alpha value is -4.89. The van der Waals surface area contributed by atoms with Gasteiger partial charge in [0.15, 0.2) is 0 Å². The van der Waals surface area contributed by atoms with Gasteiger partial charge in [-0.05, 0) is 42.5 Å². The zero-order valence-electron chi connectivity index (χ0n) is 17.6. The predicted octanol–water partition coefficient (Wildman–Crippen LogP) is 4.72. The van der Waals surface area contributed by atoms with E-state index in [2.05, 4.69) is 0 Å². The molecule has 0 atom stereocenters. The fourth-order valence-corrected chi connectivity index (χ4v) is 3.12. The van der Waals surface area contributed by atoms with Gasteiger partial charge in [0.25, 0.3) is 11.6 Å². The number of anilines is 1. The lowest BCUT2D eigenvalue weighted by Crippen LogP contribution is -2.32. The zero-order valence-corrected chi connectivity index (χ0v) is 17.6. The molecule has 0 aliphatic heterocycles. The molecule has 9 nitrogen and oxygen atoms in total. The molecule has 0 aliphatic carbocycles. The molecule has 0 radical (unpaired) electrons. The summed E-state index contributed by atoms with van der Waals surface area (Å²) in [5, 5.41) is 29.9. The van der Waals surface area contributed by atoms with Gasteiger partial charge in [0, 0.05) is 24.4 Å². The summed E-state index contributed by atoms with van der Waals surface area (Å²) in [5.74, 6) is 0.403. The molecule has 0 aliphatic rings. The molecule has 9 heteroatoms. The lowest BCUT2D eigenvalue weighted by atomic mass is 10.1. The van der Waals surface area contributed by atoms with E-state index in [1.807, 2.05) is 12.1 Å². The number of ether oxygens (including phenoxy) is 1. The van der Waals surface area contributed by atoms with Crippen molar-refractivity contribution in [2.45, 2.75) is 6.42 Å². The van der Waals surface area contributed by atoms with Gasteiger partial charge in [-0.2, -0.15) is 10.5 Å². The summed E-state index contributed by atoms with van der Waals surface area (Å²) in [4.78, 5) is 25.2. The first-order valence-corrected chi connectivity index (χ1v) is 9.76. The van der Waals surface area contributed by atoms with E-state index in [9.17, 15) is 20.2 Å². The summed E-state index contributed by atoms with van der Waals surface area (Å²) in [5.41, 5.74) is 0.437. The van der Waals surface area contributed by atoms with E-state index in [1.165, 1.54) is 36.3 Å². The Morgan fingerprint density at radius 1 is 1.15 bits per heavy atom. The third-order valence-electron chi connectivity index (χ3n) is 4.71. The minimum Gasteiger partial charge on any atom is -0.497 e. The molecule has 3 rings (SSSR count). The quantitative estimate of drug-likeness (QED) is 0.213. The van der Waals surface area contributed by atoms with Crippen molar-refractivity contribution in [1.29, 1.82) is 10.5 Å². The molecule has 0 bridgehead atoms. The molecule has 0 fully saturated rings. The normalized spacial score (nSPS) is 10.7. The molecule has 1 amide bonds. The van der Waals surface area contributed by atoms with Gasteiger partial charge >= 0.3 is 0 Å². The number of para-hydroxylation sites is 1. The van der Waals surface area contributed by atoms with Gasteiger partial charge in [-0.15, -0.1) is 0 Å². The SMILES string of the molecule is COc1ccc(N(CCC#N)C(=O)C(C#N)=Cc2ccc(-c3ccccc3[N+](=O)[O-])o2)cc1. The number of benzene rings is 2. The zero-order chi connectivity index (χ0) is 23.8. The van der Waals surface area contributed by atoms with Crippen LogP contribution in [0.2, 0.25) is 0 Å². The predicted molar refractivity (Wildman–Crippen MR) is 120 cm³/mol. The number of carbonyl (C=O) groups is 1. The molecule has 0 N–H and O–H groups in total. The summed E-state index contributed by atoms with van der Waals surface area (Å²) in [7, 11) is 1.52. The van der Waals surface area contributed by atoms with Crippen molar-refractivity contribution in [1.82, 2.24) is 0 Å². The van der Waals surface area contributed by atoms with Crippen LogP contribution in [0.3, 0.4) is 0 Å². The van der Waals surface area contributed by atoms with Crippen LogP contribution in [0, 0.1) is 32.8 Å². The molecule has 0 saturated carbocycles. The molecular formula is C24H18N4O5. The number of amides is 1. The van der Waals surface area contributed by atoms with E-state index in [4.69, 9.17) is 14.4 Å². The molecular weight excluding hydrogens is 424 g/mol. The van der Waals surface area contributed by atoms with Crippen LogP contribution in [-0.4, -0.2) is 24.5 Å². The maximum absolute atomic E-state index is 13.1. The van der Waals surface area contributed by atoms with Crippen molar-refractivity contribution >= 4 is 23.4 Å². The fraction of sp³-hybridized carbons (Fsp3) is 0.125. The van der Waals surface area contributed by atoms with Crippen LogP contribution in [0.1, 0.15) is 12.2 Å². The lowest BCUT2D eigenvalue weighted by molar-refractivity contribution is -0.384. The van der Waals surface area contributed by atoms with Crippen LogP contribution in [0.25, 0.3) is 17.4 Å². The number of hydrogen-bond acceptors (Lipinski definition) is 7. The van der Waals surface area contributed by atoms with Crippen LogP contribution in [0.5, 0.6) is 5.75 Å². The van der Waals surface area contributed by atoms with Crippen molar-refractivity contribution < 1.29 is 18.9 Å². The summed E-state index contributed by atoms with van der Waals surface area (Å²) < 4.78 is 10.8. The number of furan rings is 1. The first-order valence-electron chi connectivity index (χ1n) is 9.76. The summed E-state index contributed by atoms with van der Waals surface area (Å²) in [6.45, 7) is 0.0836. The fourth-order valence-electron chi connectivity index (χ4n) is 3.12. The number of nitro benzene ring substituents is 1. The number of methoxy groups -OCH3 is 1. The van der Waals surface area contributed by atoms with Crippen LogP contribution >= 0.6 is 0 Å². The van der Waals surface area contributed by atoms with Gasteiger partial charge < -0.3 is 14.1 Å². The van der Waals surface area contributed by atoms with Gasteiger partial charge in [0.05, 0.1) is 30.1 Å². The average Bonchev–Trinajstić information content (AvgIpc) is 3.31. The second-order valence-electron chi connectivity index (χ2n) is 6.71. The Morgan fingerprint density at radius 2 is 1.88 bits per heavy atom. The molecule has 3 aromatic rings. The minimum atomic E-state index is -0.610. The average molecular weight is 442 g/mol. The van der Waals surface area contributed by atoms with Gasteiger partial charge in [-0.1, -0.05) is 12.1 Å². The topological polar surface area (TPSA) is 133 Å². The van der Waals surface area contributed by atoms with Crippen molar-refractivity contribution in [3.05, 3.63) is 82.1 Å². The Kier molecular flexibility index (Phi) is 7.20. The number of carbonyl (C=O) groups excluding carboxylic acids is 1. The Morgan fingerprint density at radius 3 is 2.52 bits per heavy atom. The summed E-state index contributed by atoms with van der Waals surface area (Å²) in [6, 6.07) is 19.7. The maximum atomic E-state index is 13.1. The molecule has 1 aromatic heterocycles. The summed E-state index contributed by atoms with van der Waals surface area (Å²) >= 11 is 0. The number of hydrogen-bond donors (Lipinski definition) is 0. The molecule has 2 aromatic carbocycles. The first-order chi connectivity index (χ1) is 16.0. The molecule has 0 saturated heterocycles. The highest BCUT2D eigenvalue weighted by Crippen LogP contribution is 2.31. The highest BCUT2D eigenvalue weighted by Gasteiger charge is 2.22. The second-order valence-corrected chi connectivity index (χ2v) is 6.71. The van der Waals surface area contributed by atoms with E-state index < -0.39 is 10.8 Å². The van der Waals surface area contributed by atoms with Crippen molar-refractivity contribution in [3.63, 3.8) is 0 Å². The monoisotopic (exact) mass is 442 g/mol. The molecule has 33 heavy (non-hydrogen) atoms. The van der Waals surface area contributed by atoms with E-state index >= 15 is 0 Å². The second kappa shape index (κ2) is 10.4. The number of nitro groups is 1. The Bertz CT molecular complexity index is 1280. The third-order valence-corrected chi connectivity index (χ3v) is 4.71. The molecule has 0 spiro atoms. The minimum absolute atomic E-state index is 0.0685. The largest absolute Gasteiger partial charge is 0.497 e. The maximum Gasteiger partial charge on any atom is 0.280 e. The van der Waals surface area contributed by atoms with Crippen molar-refractivity contribution in [2.75, 3.05) is 18.6 Å². The van der Waals surface area contributed by atoms with Gasteiger partial charge in [0.1, 0.15) is 28.9 Å². The van der Waals surface area contributed by atoms with Crippen molar-refractivity contribution in [2.24, 2.45) is 0 Å². The van der Waals surface area contributed by atoms with Gasteiger partial charge in [-0.25, -0.2) is 0 Å². The first kappa shape index (κ1) is 22.8. The highest BCUT2D eigenvalue weighted by molar-refractivity contribution is 6.11. The van der Waals surface area contributed by atoms with E-state index in [0.717, 1.165) is 0 Å². The van der Waals surface area contributed by atoms with Crippen LogP contribution in [-0.2, 0) is 4.79 Å². The standard InChI is InChI=1S/C24H18N4O5/c1-32-19-9-7-18(8-10-19)27(14-4-13-25)24(29)17(16-26)15-20-11-12-23(33-20)21-5-2-3-6-22(21)28(30)31/h2-3,5-12,15H,4,14H2,1H3. The highest BCUT2D eigenvalue weighted by atomic mass is 16.6. The number of nitrogens with zero attached hydrogens (tertiary/aromatic N) is 4. The third kappa shape index (κ3) is 5.24. The number of nitriles is 2. The van der Waals surface area contributed by atoms with E-state index in [1.54, 1.807) is 42.5 Å². The number of rotatable bonds is 8. The lowest BCUT2D eigenvalue weighted by Gasteiger charge is -2.21. The van der Waals surface area contributed by atoms with Crippen LogP contribution in [0.4, 0.5) is 11.4 Å². The van der Waals surface area contributed by atoms with Crippen LogP contribution in [0.15, 0.2) is 70.7 Å². The Balaban J connectivity index is 1.93. The molecule has 1 heterocycles. The van der Waals surface area contributed by atoms with E-state index in [0.29, 0.717) is 11.4 Å². The van der Waals surface area contributed by atoms with Crippen molar-refractivity contribution in [3.8, 4) is 29.2 Å². The molecule has 164 valence electrons. The van der Waals surface area contributed by atoms with E-state index in [-0.39, 0.29) is 41.3 Å². The van der Waals surface area contributed by atoms with Crippen LogP contribution < -0.4 is 9.64 Å². The van der Waals surface area contributed by atoms with Gasteiger partial charge in [-0.3, -0.25) is 14.9 Å². The summed E-state index contributed by atoms with van der Waals surface area (Å²) in [6.07, 6.45) is 1.34.